The van der Waals surface area contributed by atoms with Gasteiger partial charge in [-0.1, -0.05) is 76.2 Å². The SMILES string of the molecule is CCCc1nc2c(c(=O)n(CC(C)C)c(=O)n2CCC)n1Cc1ccc(-c2ccccc2-c2nn[nH]n2)cc1. The molecule has 1 N–H and O–H groups in total. The van der Waals surface area contributed by atoms with E-state index in [9.17, 15) is 9.59 Å². The lowest BCUT2D eigenvalue weighted by Gasteiger charge is -2.14. The van der Waals surface area contributed by atoms with Crippen molar-refractivity contribution in [2.75, 3.05) is 0 Å². The van der Waals surface area contributed by atoms with Crippen LogP contribution in [0.1, 0.15) is 51.9 Å². The fourth-order valence-electron chi connectivity index (χ4n) is 5.05. The molecule has 0 saturated heterocycles. The number of imidazole rings is 1. The number of benzene rings is 2. The third kappa shape index (κ3) is 5.06. The summed E-state index contributed by atoms with van der Waals surface area (Å²) in [6, 6.07) is 16.2. The first-order chi connectivity index (χ1) is 18.9. The second-order valence-electron chi connectivity index (χ2n) is 10.3. The normalized spacial score (nSPS) is 11.6. The maximum Gasteiger partial charge on any atom is 0.332 e. The monoisotopic (exact) mass is 526 g/mol. The highest BCUT2D eigenvalue weighted by atomic mass is 16.2. The van der Waals surface area contributed by atoms with Gasteiger partial charge in [-0.3, -0.25) is 13.9 Å². The van der Waals surface area contributed by atoms with Crippen LogP contribution in [0.15, 0.2) is 58.1 Å². The van der Waals surface area contributed by atoms with Gasteiger partial charge in [0.1, 0.15) is 5.82 Å². The number of nitrogens with one attached hydrogen (secondary N) is 1. The summed E-state index contributed by atoms with van der Waals surface area (Å²) in [5.41, 5.74) is 4.40. The summed E-state index contributed by atoms with van der Waals surface area (Å²) < 4.78 is 5.06. The van der Waals surface area contributed by atoms with E-state index in [0.29, 0.717) is 36.6 Å². The van der Waals surface area contributed by atoms with E-state index in [-0.39, 0.29) is 17.2 Å². The maximum atomic E-state index is 13.7. The van der Waals surface area contributed by atoms with Crippen LogP contribution in [0.5, 0.6) is 0 Å². The molecule has 202 valence electrons. The molecule has 0 bridgehead atoms. The van der Waals surface area contributed by atoms with Gasteiger partial charge >= 0.3 is 5.69 Å². The van der Waals surface area contributed by atoms with Gasteiger partial charge in [0.25, 0.3) is 5.56 Å². The van der Waals surface area contributed by atoms with Crippen LogP contribution in [-0.2, 0) is 26.1 Å². The minimum absolute atomic E-state index is 0.164. The fraction of sp³-hybridized carbons (Fsp3) is 0.379. The quantitative estimate of drug-likeness (QED) is 0.290. The number of aromatic nitrogens is 8. The third-order valence-electron chi connectivity index (χ3n) is 6.78. The molecular formula is C29H34N8O2. The maximum absolute atomic E-state index is 13.7. The Balaban J connectivity index is 1.59. The first kappa shape index (κ1) is 26.3. The van der Waals surface area contributed by atoms with Crippen molar-refractivity contribution in [3.8, 4) is 22.5 Å². The van der Waals surface area contributed by atoms with E-state index in [0.717, 1.165) is 47.3 Å². The number of fused-ring (bicyclic) bond motifs is 1. The van der Waals surface area contributed by atoms with E-state index in [2.05, 4.69) is 51.8 Å². The molecule has 39 heavy (non-hydrogen) atoms. The lowest BCUT2D eigenvalue weighted by molar-refractivity contribution is 0.473. The minimum Gasteiger partial charge on any atom is -0.318 e. The van der Waals surface area contributed by atoms with Crippen molar-refractivity contribution in [1.29, 1.82) is 0 Å². The average molecular weight is 527 g/mol. The molecule has 5 aromatic rings. The van der Waals surface area contributed by atoms with E-state index in [4.69, 9.17) is 4.98 Å². The molecule has 0 radical (unpaired) electrons. The highest BCUT2D eigenvalue weighted by Crippen LogP contribution is 2.30. The van der Waals surface area contributed by atoms with Crippen LogP contribution >= 0.6 is 0 Å². The smallest absolute Gasteiger partial charge is 0.318 e. The van der Waals surface area contributed by atoms with Crippen LogP contribution in [0.4, 0.5) is 0 Å². The molecule has 0 saturated carbocycles. The molecule has 0 aliphatic carbocycles. The van der Waals surface area contributed by atoms with Crippen molar-refractivity contribution < 1.29 is 0 Å². The molecule has 0 fully saturated rings. The van der Waals surface area contributed by atoms with E-state index in [1.54, 1.807) is 4.57 Å². The summed E-state index contributed by atoms with van der Waals surface area (Å²) in [6.07, 6.45) is 2.37. The molecule has 10 nitrogen and oxygen atoms in total. The number of H-pyrrole nitrogens is 1. The number of tetrazole rings is 1. The summed E-state index contributed by atoms with van der Waals surface area (Å²) in [5, 5.41) is 14.5. The molecule has 2 aromatic carbocycles. The van der Waals surface area contributed by atoms with Crippen molar-refractivity contribution in [2.45, 2.75) is 66.6 Å². The minimum atomic E-state index is -0.277. The van der Waals surface area contributed by atoms with E-state index < -0.39 is 0 Å². The van der Waals surface area contributed by atoms with Gasteiger partial charge in [-0.2, -0.15) is 5.21 Å². The largest absolute Gasteiger partial charge is 0.332 e. The first-order valence-electron chi connectivity index (χ1n) is 13.6. The number of aromatic amines is 1. The van der Waals surface area contributed by atoms with E-state index in [1.165, 1.54) is 4.57 Å². The van der Waals surface area contributed by atoms with E-state index >= 15 is 0 Å². The second-order valence-corrected chi connectivity index (χ2v) is 10.3. The van der Waals surface area contributed by atoms with Gasteiger partial charge in [0, 0.05) is 31.6 Å². The zero-order valence-electron chi connectivity index (χ0n) is 22.9. The molecule has 3 aromatic heterocycles. The number of hydrogen-bond acceptors (Lipinski definition) is 6. The van der Waals surface area contributed by atoms with Crippen molar-refractivity contribution >= 4 is 11.2 Å². The highest BCUT2D eigenvalue weighted by molar-refractivity contribution is 5.80. The molecule has 5 rings (SSSR count). The molecule has 0 amide bonds. The van der Waals surface area contributed by atoms with Crippen LogP contribution in [-0.4, -0.2) is 39.3 Å². The van der Waals surface area contributed by atoms with Crippen LogP contribution in [0.25, 0.3) is 33.7 Å². The number of aryl methyl sites for hydroxylation is 2. The Hall–Kier alpha value is -4.34. The van der Waals surface area contributed by atoms with Gasteiger partial charge in [-0.15, -0.1) is 10.2 Å². The molecule has 10 heteroatoms. The Labute approximate surface area is 226 Å². The zero-order valence-corrected chi connectivity index (χ0v) is 22.9. The first-order valence-corrected chi connectivity index (χ1v) is 13.6. The van der Waals surface area contributed by atoms with Crippen molar-refractivity contribution in [3.05, 3.63) is 80.8 Å². The van der Waals surface area contributed by atoms with Gasteiger partial charge in [0.2, 0.25) is 5.82 Å². The summed E-state index contributed by atoms with van der Waals surface area (Å²) in [6.45, 7) is 9.52. The van der Waals surface area contributed by atoms with Gasteiger partial charge in [-0.05, 0) is 40.7 Å². The fourth-order valence-corrected chi connectivity index (χ4v) is 5.05. The Morgan fingerprint density at radius 3 is 2.28 bits per heavy atom. The Bertz CT molecular complexity index is 1690. The number of nitrogens with zero attached hydrogens (tertiary/aromatic N) is 7. The predicted octanol–water partition coefficient (Wildman–Crippen LogP) is 4.27. The van der Waals surface area contributed by atoms with Crippen molar-refractivity contribution in [3.63, 3.8) is 0 Å². The lowest BCUT2D eigenvalue weighted by Crippen LogP contribution is -2.41. The van der Waals surface area contributed by atoms with Crippen LogP contribution in [0.2, 0.25) is 0 Å². The summed E-state index contributed by atoms with van der Waals surface area (Å²) in [5.74, 6) is 1.53. The molecule has 3 heterocycles. The van der Waals surface area contributed by atoms with Gasteiger partial charge in [0.15, 0.2) is 11.2 Å². The molecule has 0 atom stereocenters. The summed E-state index contributed by atoms with van der Waals surface area (Å²) in [7, 11) is 0. The van der Waals surface area contributed by atoms with Gasteiger partial charge in [0.05, 0.1) is 0 Å². The second kappa shape index (κ2) is 11.2. The van der Waals surface area contributed by atoms with Crippen molar-refractivity contribution in [2.24, 2.45) is 5.92 Å². The van der Waals surface area contributed by atoms with E-state index in [1.807, 2.05) is 49.6 Å². The number of hydrogen-bond donors (Lipinski definition) is 1. The van der Waals surface area contributed by atoms with Crippen molar-refractivity contribution in [1.82, 2.24) is 39.3 Å². The topological polar surface area (TPSA) is 116 Å². The lowest BCUT2D eigenvalue weighted by atomic mass is 9.98. The Morgan fingerprint density at radius 1 is 0.897 bits per heavy atom. The van der Waals surface area contributed by atoms with Crippen LogP contribution in [0, 0.1) is 5.92 Å². The molecular weight excluding hydrogens is 492 g/mol. The average Bonchev–Trinajstić information content (AvgIpc) is 3.59. The summed E-state index contributed by atoms with van der Waals surface area (Å²) in [4.78, 5) is 31.9. The molecule has 0 spiro atoms. The number of rotatable bonds is 10. The van der Waals surface area contributed by atoms with Gasteiger partial charge < -0.3 is 4.57 Å². The molecule has 0 unspecified atom stereocenters. The Kier molecular flexibility index (Phi) is 7.53. The standard InChI is InChI=1S/C29H34N8O2/c1-5-9-24-30-27-25(28(38)37(17-19(3)4)29(39)35(27)16-6-2)36(24)18-20-12-14-21(15-13-20)22-10-7-8-11-23(22)26-31-33-34-32-26/h7-8,10-15,19H,5-6,9,16-18H2,1-4H3,(H,31,32,33,34). The molecule has 0 aliphatic heterocycles. The highest BCUT2D eigenvalue weighted by Gasteiger charge is 2.22. The predicted molar refractivity (Wildman–Crippen MR) is 152 cm³/mol. The third-order valence-corrected chi connectivity index (χ3v) is 6.78. The van der Waals surface area contributed by atoms with Crippen LogP contribution in [0.3, 0.4) is 0 Å². The Morgan fingerprint density at radius 2 is 1.64 bits per heavy atom. The molecule has 0 aliphatic rings. The summed E-state index contributed by atoms with van der Waals surface area (Å²) >= 11 is 0. The van der Waals surface area contributed by atoms with Gasteiger partial charge in [-0.25, -0.2) is 9.78 Å². The zero-order chi connectivity index (χ0) is 27.5. The van der Waals surface area contributed by atoms with Crippen LogP contribution < -0.4 is 11.2 Å².